The molecule has 2 aromatic carbocycles. The van der Waals surface area contributed by atoms with Crippen LogP contribution in [0.4, 0.5) is 26.3 Å². The van der Waals surface area contributed by atoms with E-state index in [0.29, 0.717) is 37.1 Å². The highest BCUT2D eigenvalue weighted by Crippen LogP contribution is 2.38. The number of likely N-dealkylation sites (tertiary alicyclic amines) is 1. The van der Waals surface area contributed by atoms with Crippen LogP contribution in [-0.4, -0.2) is 54.0 Å². The number of piperidine rings is 2. The van der Waals surface area contributed by atoms with E-state index >= 15 is 0 Å². The van der Waals surface area contributed by atoms with Gasteiger partial charge in [-0.25, -0.2) is 0 Å². The Morgan fingerprint density at radius 1 is 0.773 bits per heavy atom. The molecule has 0 spiro atoms. The molecule has 0 atom stereocenters. The van der Waals surface area contributed by atoms with E-state index < -0.39 is 28.7 Å². The zero-order valence-corrected chi connectivity index (χ0v) is 27.3. The first-order valence-corrected chi connectivity index (χ1v) is 15.2. The molecule has 2 heterocycles. The van der Waals surface area contributed by atoms with E-state index in [1.54, 1.807) is 17.9 Å². The van der Waals surface area contributed by atoms with Gasteiger partial charge in [0.25, 0.3) is 0 Å². The molecule has 1 amide bonds. The van der Waals surface area contributed by atoms with Crippen LogP contribution >= 0.6 is 47.2 Å². The Balaban J connectivity index is 0.000000380. The van der Waals surface area contributed by atoms with Gasteiger partial charge in [-0.1, -0.05) is 24.3 Å². The van der Waals surface area contributed by atoms with Crippen molar-refractivity contribution < 1.29 is 35.9 Å². The summed E-state index contributed by atoms with van der Waals surface area (Å²) in [5.74, 6) is 0.0653. The number of amides is 1. The topological polar surface area (TPSA) is 49.4 Å². The number of benzene rings is 2. The molecule has 0 unspecified atom stereocenters. The molecule has 44 heavy (non-hydrogen) atoms. The Hall–Kier alpha value is -1.72. The van der Waals surface area contributed by atoms with Gasteiger partial charge in [-0.2, -0.15) is 26.3 Å². The van der Waals surface area contributed by atoms with Gasteiger partial charge < -0.3 is 10.2 Å². The lowest BCUT2D eigenvalue weighted by molar-refractivity contribution is -0.139. The molecule has 2 saturated heterocycles. The minimum atomic E-state index is -4.32. The van der Waals surface area contributed by atoms with Crippen molar-refractivity contribution in [3.8, 4) is 0 Å². The van der Waals surface area contributed by atoms with E-state index in [2.05, 4.69) is 5.32 Å². The van der Waals surface area contributed by atoms with E-state index in [0.717, 1.165) is 43.1 Å². The summed E-state index contributed by atoms with van der Waals surface area (Å²) in [7, 11) is 0. The zero-order valence-electron chi connectivity index (χ0n) is 24.3. The van der Waals surface area contributed by atoms with Gasteiger partial charge in [0.1, 0.15) is 5.88 Å². The predicted molar refractivity (Wildman–Crippen MR) is 165 cm³/mol. The quantitative estimate of drug-likeness (QED) is 0.196. The van der Waals surface area contributed by atoms with Gasteiger partial charge in [0, 0.05) is 13.1 Å². The average Bonchev–Trinajstić information content (AvgIpc) is 2.97. The van der Waals surface area contributed by atoms with Crippen LogP contribution in [0.15, 0.2) is 36.4 Å². The lowest BCUT2D eigenvalue weighted by Crippen LogP contribution is -2.38. The van der Waals surface area contributed by atoms with Gasteiger partial charge in [-0.3, -0.25) is 9.59 Å². The molecule has 4 rings (SSSR count). The summed E-state index contributed by atoms with van der Waals surface area (Å²) in [6, 6.07) is 8.86. The van der Waals surface area contributed by atoms with Crippen molar-refractivity contribution >= 4 is 58.4 Å². The number of rotatable bonds is 4. The Morgan fingerprint density at radius 2 is 1.16 bits per heavy atom. The first-order valence-electron chi connectivity index (χ1n) is 13.7. The highest BCUT2D eigenvalue weighted by molar-refractivity contribution is 6.67. The van der Waals surface area contributed by atoms with Crippen molar-refractivity contribution in [2.24, 2.45) is 0 Å². The van der Waals surface area contributed by atoms with E-state index in [9.17, 15) is 35.9 Å². The summed E-state index contributed by atoms with van der Waals surface area (Å²) in [4.78, 5) is 22.6. The second-order valence-electron chi connectivity index (χ2n) is 10.3. The Bertz CT molecular complexity index is 1210. The van der Waals surface area contributed by atoms with Gasteiger partial charge >= 0.3 is 12.4 Å². The number of hydrogen-bond donors (Lipinski definition) is 1. The molecule has 0 aliphatic carbocycles. The summed E-state index contributed by atoms with van der Waals surface area (Å²) < 4.78 is 77.2. The first-order chi connectivity index (χ1) is 20.1. The maximum atomic E-state index is 12.9. The third-order valence-corrected chi connectivity index (χ3v) is 8.39. The van der Waals surface area contributed by atoms with Crippen LogP contribution in [-0.2, 0) is 21.9 Å². The number of hydrogen-bond acceptors (Lipinski definition) is 3. The smallest absolute Gasteiger partial charge is 0.342 e. The largest absolute Gasteiger partial charge is 0.416 e. The SMILES string of the molecule is Cc1c(C2CCN(C(=O)CCl)CC2)cccc1C(F)(F)F.Cc1c(C2CCNCC2)cccc1C(F)(F)F.Cl.O=C(Cl)CCl. The predicted octanol–water partition coefficient (Wildman–Crippen LogP) is 8.85. The minimum Gasteiger partial charge on any atom is -0.342 e. The van der Waals surface area contributed by atoms with Gasteiger partial charge in [0.05, 0.1) is 17.0 Å². The van der Waals surface area contributed by atoms with Gasteiger partial charge in [-0.05, 0) is 110 Å². The highest BCUT2D eigenvalue weighted by atomic mass is 35.5. The van der Waals surface area contributed by atoms with Gasteiger partial charge in [0.15, 0.2) is 0 Å². The van der Waals surface area contributed by atoms with Crippen molar-refractivity contribution in [2.75, 3.05) is 37.9 Å². The lowest BCUT2D eigenvalue weighted by Gasteiger charge is -2.33. The molecule has 4 nitrogen and oxygen atoms in total. The molecular weight excluding hydrogens is 676 g/mol. The zero-order chi connectivity index (χ0) is 32.4. The Kier molecular flexibility index (Phi) is 16.9. The van der Waals surface area contributed by atoms with Crippen LogP contribution in [0.1, 0.15) is 70.9 Å². The molecule has 0 aromatic heterocycles. The number of alkyl halides is 8. The molecule has 2 aliphatic heterocycles. The Labute approximate surface area is 275 Å². The highest BCUT2D eigenvalue weighted by Gasteiger charge is 2.35. The standard InChI is InChI=1S/C15H17ClF3NO.C13H16F3N.C2H2Cl2O.ClH/c1-10-12(3-2-4-13(10)15(17,18)19)11-5-7-20(8-6-11)14(21)9-16;1-9-11(10-5-7-17-8-6-10)3-2-4-12(9)13(14,15)16;3-1-2(4)5;/h2-4,11H,5-9H2,1H3;2-4,10,17H,5-8H2,1H3;1H2;1H. The van der Waals surface area contributed by atoms with Crippen molar-refractivity contribution in [1.29, 1.82) is 0 Å². The fraction of sp³-hybridized carbons (Fsp3) is 0.533. The number of nitrogens with zero attached hydrogens (tertiary/aromatic N) is 1. The number of nitrogens with one attached hydrogen (secondary N) is 1. The first kappa shape index (κ1) is 40.3. The van der Waals surface area contributed by atoms with Crippen LogP contribution in [0.25, 0.3) is 0 Å². The van der Waals surface area contributed by atoms with Crippen molar-refractivity contribution in [2.45, 2.75) is 63.7 Å². The molecule has 2 aliphatic rings. The molecule has 2 fully saturated rings. The monoisotopic (exact) mass is 710 g/mol. The van der Waals surface area contributed by atoms with Crippen molar-refractivity contribution in [1.82, 2.24) is 10.2 Å². The summed E-state index contributed by atoms with van der Waals surface area (Å²) in [6.07, 6.45) is -5.39. The fourth-order valence-electron chi connectivity index (χ4n) is 5.46. The summed E-state index contributed by atoms with van der Waals surface area (Å²) in [5.41, 5.74) is 1.23. The van der Waals surface area contributed by atoms with E-state index in [1.807, 2.05) is 6.07 Å². The second kappa shape index (κ2) is 18.4. The van der Waals surface area contributed by atoms with Crippen LogP contribution < -0.4 is 5.32 Å². The molecule has 1 N–H and O–H groups in total. The van der Waals surface area contributed by atoms with E-state index in [-0.39, 0.29) is 41.9 Å². The number of carbonyl (C=O) groups is 2. The number of halogens is 10. The summed E-state index contributed by atoms with van der Waals surface area (Å²) >= 11 is 15.1. The summed E-state index contributed by atoms with van der Waals surface area (Å²) in [5, 5.41) is 2.72. The maximum absolute atomic E-state index is 12.9. The van der Waals surface area contributed by atoms with E-state index in [1.165, 1.54) is 25.1 Å². The molecular formula is C30H36Cl4F6N2O2. The molecule has 0 saturated carbocycles. The van der Waals surface area contributed by atoms with E-state index in [4.69, 9.17) is 34.8 Å². The molecule has 0 bridgehead atoms. The average molecular weight is 712 g/mol. The van der Waals surface area contributed by atoms with Crippen molar-refractivity contribution in [3.63, 3.8) is 0 Å². The van der Waals surface area contributed by atoms with Crippen LogP contribution in [0.3, 0.4) is 0 Å². The normalized spacial score (nSPS) is 16.1. The lowest BCUT2D eigenvalue weighted by atomic mass is 9.85. The second-order valence-corrected chi connectivity index (χ2v) is 11.3. The van der Waals surface area contributed by atoms with Crippen LogP contribution in [0.5, 0.6) is 0 Å². The molecule has 248 valence electrons. The maximum Gasteiger partial charge on any atom is 0.416 e. The minimum absolute atomic E-state index is 0. The molecule has 2 aromatic rings. The van der Waals surface area contributed by atoms with Crippen LogP contribution in [0, 0.1) is 13.8 Å². The Morgan fingerprint density at radius 3 is 1.50 bits per heavy atom. The molecule has 14 heteroatoms. The fourth-order valence-corrected chi connectivity index (χ4v) is 5.63. The van der Waals surface area contributed by atoms with Gasteiger partial charge in [0.2, 0.25) is 11.1 Å². The summed E-state index contributed by atoms with van der Waals surface area (Å²) in [6.45, 7) is 5.98. The van der Waals surface area contributed by atoms with Crippen molar-refractivity contribution in [3.05, 3.63) is 69.8 Å². The number of carbonyl (C=O) groups excluding carboxylic acids is 2. The van der Waals surface area contributed by atoms with Gasteiger partial charge in [-0.15, -0.1) is 35.6 Å². The third kappa shape index (κ3) is 11.9. The third-order valence-electron chi connectivity index (χ3n) is 7.65. The van der Waals surface area contributed by atoms with Crippen LogP contribution in [0.2, 0.25) is 0 Å². The molecule has 0 radical (unpaired) electrons.